The van der Waals surface area contributed by atoms with Gasteiger partial charge in [-0.15, -0.1) is 0 Å². The molecule has 6 aromatic carbocycles. The number of hydrogen-bond donors (Lipinski definition) is 0. The third-order valence-corrected chi connectivity index (χ3v) is 7.72. The second kappa shape index (κ2) is 9.78. The van der Waals surface area contributed by atoms with Gasteiger partial charge in [0.2, 0.25) is 0 Å². The minimum Gasteiger partial charge on any atom is -0.310 e. The molecule has 0 aromatic heterocycles. The van der Waals surface area contributed by atoms with Gasteiger partial charge in [-0.3, -0.25) is 0 Å². The Kier molecular flexibility index (Phi) is 5.83. The van der Waals surface area contributed by atoms with Crippen molar-refractivity contribution in [1.29, 1.82) is 0 Å². The third-order valence-electron chi connectivity index (χ3n) is 7.72. The summed E-state index contributed by atoms with van der Waals surface area (Å²) in [6.45, 7) is 2.12. The molecule has 0 spiro atoms. The van der Waals surface area contributed by atoms with Crippen LogP contribution in [0.1, 0.15) is 16.7 Å². The molecule has 1 nitrogen and oxygen atoms in total. The summed E-state index contributed by atoms with van der Waals surface area (Å²) in [6, 6.07) is 48.4. The number of nitrogens with zero attached hydrogens (tertiary/aromatic N) is 1. The van der Waals surface area contributed by atoms with Crippen molar-refractivity contribution >= 4 is 33.9 Å². The molecule has 0 heterocycles. The molecule has 0 bridgehead atoms. The van der Waals surface area contributed by atoms with Crippen LogP contribution in [-0.4, -0.2) is 0 Å². The molecule has 0 N–H and O–H groups in total. The molecule has 0 saturated carbocycles. The number of anilines is 3. The van der Waals surface area contributed by atoms with Crippen LogP contribution in [0.25, 0.3) is 39.1 Å². The smallest absolute Gasteiger partial charge is 0.0540 e. The summed E-state index contributed by atoms with van der Waals surface area (Å²) in [7, 11) is 0. The summed E-state index contributed by atoms with van der Waals surface area (Å²) in [5.74, 6) is 0. The van der Waals surface area contributed by atoms with Crippen molar-refractivity contribution in [2.24, 2.45) is 0 Å². The van der Waals surface area contributed by atoms with Gasteiger partial charge in [-0.2, -0.15) is 0 Å². The number of rotatable bonds is 6. The van der Waals surface area contributed by atoms with Crippen molar-refractivity contribution in [3.63, 3.8) is 0 Å². The minimum atomic E-state index is 0.902. The molecule has 1 aliphatic rings. The van der Waals surface area contributed by atoms with Crippen molar-refractivity contribution < 1.29 is 0 Å². The molecule has 0 unspecified atom stereocenters. The summed E-state index contributed by atoms with van der Waals surface area (Å²) < 4.78 is 0. The maximum atomic E-state index is 2.39. The molecular weight excluding hydrogens is 470 g/mol. The zero-order chi connectivity index (χ0) is 26.2. The van der Waals surface area contributed by atoms with Gasteiger partial charge in [-0.25, -0.2) is 0 Å². The molecule has 0 amide bonds. The van der Waals surface area contributed by atoms with Gasteiger partial charge >= 0.3 is 0 Å². The average Bonchev–Trinajstić information content (AvgIpc) is 3.32. The van der Waals surface area contributed by atoms with Crippen LogP contribution in [0, 0.1) is 6.92 Å². The lowest BCUT2D eigenvalue weighted by molar-refractivity contribution is 1.25. The summed E-state index contributed by atoms with van der Waals surface area (Å²) >= 11 is 0. The maximum absolute atomic E-state index is 2.39. The number of para-hydroxylation sites is 1. The van der Waals surface area contributed by atoms with E-state index in [1.54, 1.807) is 0 Å². The van der Waals surface area contributed by atoms with Gasteiger partial charge in [0.15, 0.2) is 0 Å². The number of hydrogen-bond acceptors (Lipinski definition) is 1. The summed E-state index contributed by atoms with van der Waals surface area (Å²) in [6.07, 6.45) is 5.35. The van der Waals surface area contributed by atoms with Crippen LogP contribution in [0.15, 0.2) is 140 Å². The van der Waals surface area contributed by atoms with Gasteiger partial charge in [-0.1, -0.05) is 121 Å². The van der Waals surface area contributed by atoms with Crippen molar-refractivity contribution in [2.45, 2.75) is 13.3 Å². The zero-order valence-electron chi connectivity index (χ0n) is 22.0. The molecule has 0 aliphatic heterocycles. The molecule has 7 rings (SSSR count). The zero-order valence-corrected chi connectivity index (χ0v) is 22.0. The Morgan fingerprint density at radius 1 is 0.538 bits per heavy atom. The predicted octanol–water partition coefficient (Wildman–Crippen LogP) is 10.5. The lowest BCUT2D eigenvalue weighted by Gasteiger charge is -2.27. The van der Waals surface area contributed by atoms with Crippen molar-refractivity contribution in [3.05, 3.63) is 156 Å². The van der Waals surface area contributed by atoms with Crippen LogP contribution in [0.3, 0.4) is 0 Å². The first kappa shape index (κ1) is 23.3. The molecule has 0 atom stereocenters. The van der Waals surface area contributed by atoms with Crippen LogP contribution < -0.4 is 4.90 Å². The fraction of sp³-hybridized carbons (Fsp3) is 0.0526. The third kappa shape index (κ3) is 4.23. The molecule has 6 aromatic rings. The minimum absolute atomic E-state index is 0.902. The molecule has 0 fully saturated rings. The first-order chi connectivity index (χ1) is 19.3. The van der Waals surface area contributed by atoms with Gasteiger partial charge in [0.1, 0.15) is 0 Å². The van der Waals surface area contributed by atoms with E-state index in [0.29, 0.717) is 0 Å². The number of benzene rings is 6. The van der Waals surface area contributed by atoms with E-state index in [4.69, 9.17) is 0 Å². The Morgan fingerprint density at radius 3 is 1.92 bits per heavy atom. The van der Waals surface area contributed by atoms with E-state index < -0.39 is 0 Å². The highest BCUT2D eigenvalue weighted by atomic mass is 15.1. The van der Waals surface area contributed by atoms with Gasteiger partial charge in [0.25, 0.3) is 0 Å². The number of fused-ring (bicyclic) bond motifs is 3. The van der Waals surface area contributed by atoms with E-state index in [-0.39, 0.29) is 0 Å². The molecule has 186 valence electrons. The van der Waals surface area contributed by atoms with Gasteiger partial charge in [-0.05, 0) is 82.4 Å². The summed E-state index contributed by atoms with van der Waals surface area (Å²) in [4.78, 5) is 2.39. The largest absolute Gasteiger partial charge is 0.310 e. The van der Waals surface area contributed by atoms with Gasteiger partial charge in [0.05, 0.1) is 5.69 Å². The first-order valence-corrected chi connectivity index (χ1v) is 13.6. The fourth-order valence-corrected chi connectivity index (χ4v) is 5.78. The number of aryl methyl sites for hydroxylation is 1. The van der Waals surface area contributed by atoms with Crippen molar-refractivity contribution in [2.75, 3.05) is 4.90 Å². The first-order valence-electron chi connectivity index (χ1n) is 13.6. The van der Waals surface area contributed by atoms with Crippen molar-refractivity contribution in [3.8, 4) is 22.3 Å². The molecule has 39 heavy (non-hydrogen) atoms. The average molecular weight is 500 g/mol. The standard InChI is InChI=1S/C38H29N/c1-27-17-19-28(20-18-27)9-7-10-29-21-23-31(24-22-29)39(30-11-3-2-4-12-30)37-26-25-35-33-14-6-5-13-32(33)34-15-8-16-36(37)38(34)35/h2-9,11-26H,10H2,1H3. The molecular formula is C38H29N. The van der Waals surface area contributed by atoms with Crippen LogP contribution in [0.4, 0.5) is 17.1 Å². The maximum Gasteiger partial charge on any atom is 0.0540 e. The Bertz CT molecular complexity index is 1780. The van der Waals surface area contributed by atoms with E-state index >= 15 is 0 Å². The summed E-state index contributed by atoms with van der Waals surface area (Å²) in [5.41, 5.74) is 12.6. The van der Waals surface area contributed by atoms with E-state index in [1.807, 2.05) is 0 Å². The molecule has 0 radical (unpaired) electrons. The van der Waals surface area contributed by atoms with Gasteiger partial charge in [0, 0.05) is 16.8 Å². The lowest BCUT2D eigenvalue weighted by Crippen LogP contribution is -2.10. The fourth-order valence-electron chi connectivity index (χ4n) is 5.78. The Hall–Kier alpha value is -4.88. The van der Waals surface area contributed by atoms with E-state index in [1.165, 1.54) is 55.4 Å². The quantitative estimate of drug-likeness (QED) is 0.220. The molecule has 1 heteroatoms. The highest BCUT2D eigenvalue weighted by molar-refractivity contribution is 6.19. The van der Waals surface area contributed by atoms with Crippen LogP contribution in [-0.2, 0) is 6.42 Å². The second-order valence-electron chi connectivity index (χ2n) is 10.3. The van der Waals surface area contributed by atoms with E-state index in [0.717, 1.165) is 17.8 Å². The molecule has 0 saturated heterocycles. The van der Waals surface area contributed by atoms with Crippen LogP contribution in [0.2, 0.25) is 0 Å². The number of allylic oxidation sites excluding steroid dienone is 1. The van der Waals surface area contributed by atoms with Crippen molar-refractivity contribution in [1.82, 2.24) is 0 Å². The Morgan fingerprint density at radius 2 is 1.18 bits per heavy atom. The lowest BCUT2D eigenvalue weighted by atomic mass is 10.00. The topological polar surface area (TPSA) is 3.24 Å². The monoisotopic (exact) mass is 499 g/mol. The van der Waals surface area contributed by atoms with E-state index in [9.17, 15) is 0 Å². The second-order valence-corrected chi connectivity index (χ2v) is 10.3. The highest BCUT2D eigenvalue weighted by Gasteiger charge is 2.24. The SMILES string of the molecule is Cc1ccc(C=CCc2ccc(N(c3ccccc3)c3ccc4c5c(cccc35)-c3ccccc3-4)cc2)cc1. The summed E-state index contributed by atoms with van der Waals surface area (Å²) in [5, 5.41) is 2.62. The van der Waals surface area contributed by atoms with Gasteiger partial charge < -0.3 is 4.90 Å². The van der Waals surface area contributed by atoms with E-state index in [2.05, 4.69) is 157 Å². The van der Waals surface area contributed by atoms with Crippen LogP contribution >= 0.6 is 0 Å². The highest BCUT2D eigenvalue weighted by Crippen LogP contribution is 2.50. The normalized spacial score (nSPS) is 11.7. The predicted molar refractivity (Wildman–Crippen MR) is 167 cm³/mol. The molecule has 1 aliphatic carbocycles. The Labute approximate surface area is 230 Å². The van der Waals surface area contributed by atoms with Crippen LogP contribution in [0.5, 0.6) is 0 Å². The Balaban J connectivity index is 1.27.